The van der Waals surface area contributed by atoms with Crippen LogP contribution in [0.1, 0.15) is 93.9 Å². The van der Waals surface area contributed by atoms with Gasteiger partial charge in [-0.1, -0.05) is 57.7 Å². The maximum Gasteiger partial charge on any atom is 0.280 e. The van der Waals surface area contributed by atoms with Gasteiger partial charge in [-0.3, -0.25) is 9.59 Å². The maximum atomic E-state index is 14.5. The summed E-state index contributed by atoms with van der Waals surface area (Å²) in [5.41, 5.74) is 1.90. The molecule has 13 heteroatoms. The summed E-state index contributed by atoms with van der Waals surface area (Å²) in [5.74, 6) is 1.06. The van der Waals surface area contributed by atoms with Crippen LogP contribution in [0.25, 0.3) is 10.9 Å². The zero-order valence-electron chi connectivity index (χ0n) is 32.6. The van der Waals surface area contributed by atoms with Gasteiger partial charge in [0, 0.05) is 37.3 Å². The molecule has 1 atom stereocenters. The van der Waals surface area contributed by atoms with Crippen LogP contribution in [0.5, 0.6) is 17.2 Å². The second-order valence-corrected chi connectivity index (χ2v) is 19.7. The Labute approximate surface area is 313 Å². The number of ether oxygens (including phenoxy) is 3. The van der Waals surface area contributed by atoms with E-state index < -0.39 is 19.7 Å². The highest BCUT2D eigenvalue weighted by Gasteiger charge is 2.38. The van der Waals surface area contributed by atoms with E-state index in [-0.39, 0.29) is 41.3 Å². The van der Waals surface area contributed by atoms with Crippen molar-refractivity contribution in [2.24, 2.45) is 0 Å². The van der Waals surface area contributed by atoms with Crippen LogP contribution in [0.3, 0.4) is 0 Å². The van der Waals surface area contributed by atoms with Crippen LogP contribution in [0, 0.1) is 5.82 Å². The van der Waals surface area contributed by atoms with Gasteiger partial charge in [-0.15, -0.1) is 5.10 Å². The molecule has 0 bridgehead atoms. The van der Waals surface area contributed by atoms with E-state index in [0.717, 1.165) is 49.8 Å². The lowest BCUT2D eigenvalue weighted by Crippen LogP contribution is -2.42. The number of hydrogen-bond donors (Lipinski definition) is 2. The molecule has 5 rings (SSSR count). The minimum atomic E-state index is -2.22. The van der Waals surface area contributed by atoms with E-state index in [4.69, 9.17) is 19.3 Å². The number of unbranched alkanes of at least 4 members (excludes halogenated alkanes) is 4. The van der Waals surface area contributed by atoms with Crippen molar-refractivity contribution in [3.05, 3.63) is 75.5 Å². The molecule has 2 aromatic heterocycles. The molecule has 1 amide bonds. The molecule has 0 fully saturated rings. The first-order valence-electron chi connectivity index (χ1n) is 18.7. The molecule has 288 valence electrons. The number of likely N-dealkylation sites (N-methyl/N-ethyl adjacent to an activating group) is 1. The fraction of sp³-hybridized carbons (Fsp3) is 0.525. The number of methoxy groups -OCH3 is 2. The highest BCUT2D eigenvalue weighted by Crippen LogP contribution is 2.41. The predicted octanol–water partition coefficient (Wildman–Crippen LogP) is 7.75. The number of carbonyl (C=O) groups is 1. The molecule has 3 heterocycles. The van der Waals surface area contributed by atoms with E-state index in [1.807, 2.05) is 55.8 Å². The van der Waals surface area contributed by atoms with Crippen LogP contribution < -0.4 is 25.1 Å². The van der Waals surface area contributed by atoms with Crippen LogP contribution in [0.15, 0.2) is 47.3 Å². The number of benzene rings is 2. The Morgan fingerprint density at radius 2 is 1.72 bits per heavy atom. The van der Waals surface area contributed by atoms with Crippen LogP contribution in [-0.2, 0) is 13.2 Å². The van der Waals surface area contributed by atoms with Crippen LogP contribution >= 0.6 is 0 Å². The summed E-state index contributed by atoms with van der Waals surface area (Å²) >= 11 is 0. The number of nitrogens with one attached hydrogen (secondary N) is 1. The number of amides is 1. The normalized spacial score (nSPS) is 14.8. The summed E-state index contributed by atoms with van der Waals surface area (Å²) < 4.78 is 35.0. The number of carbonyl (C=O) groups excluding carboxylic acids is 1. The summed E-state index contributed by atoms with van der Waals surface area (Å²) in [6, 6.07) is 11.5. The Bertz CT molecular complexity index is 1950. The van der Waals surface area contributed by atoms with Crippen molar-refractivity contribution in [1.82, 2.24) is 19.2 Å². The Balaban J connectivity index is 1.43. The van der Waals surface area contributed by atoms with Crippen LogP contribution in [0.2, 0.25) is 18.1 Å². The highest BCUT2D eigenvalue weighted by atomic mass is 28.4. The molecule has 0 saturated carbocycles. The molecule has 4 aromatic rings. The van der Waals surface area contributed by atoms with Gasteiger partial charge >= 0.3 is 0 Å². The number of nitrogens with zero attached hydrogens (tertiary/aromatic N) is 4. The Kier molecular flexibility index (Phi) is 12.6. The number of fused-ring (bicyclic) bond motifs is 3. The summed E-state index contributed by atoms with van der Waals surface area (Å²) in [6.07, 6.45) is 6.16. The van der Waals surface area contributed by atoms with Gasteiger partial charge in [0.1, 0.15) is 34.8 Å². The lowest BCUT2D eigenvalue weighted by molar-refractivity contribution is 0.0685. The standard InChI is InChI=1S/C40H56FN5O6Si/c1-9-44-24-27(2)46-34-33(36(51-6)35(46)39(44)48)38(47)45(43-37(34)42-22-14-12-10-11-13-21-40(3,4)53(7,8)49)25-29-17-18-30(41)23-32(29)52-26-28-15-19-31(50-5)20-16-28/h15-20,23,27,49H,9-14,21-22,24-26H2,1-8H3,(H,42,43)/t27-/m0/s1. The van der Waals surface area contributed by atoms with Gasteiger partial charge in [0.2, 0.25) is 0 Å². The number of rotatable bonds is 18. The van der Waals surface area contributed by atoms with Gasteiger partial charge in [0.05, 0.1) is 20.8 Å². The molecular weight excluding hydrogens is 694 g/mol. The molecule has 53 heavy (non-hydrogen) atoms. The third-order valence-corrected chi connectivity index (χ3v) is 14.4. The van der Waals surface area contributed by atoms with Gasteiger partial charge in [-0.2, -0.15) is 0 Å². The first-order chi connectivity index (χ1) is 25.2. The second kappa shape index (κ2) is 16.8. The molecule has 2 N–H and O–H groups in total. The van der Waals surface area contributed by atoms with E-state index in [9.17, 15) is 18.8 Å². The van der Waals surface area contributed by atoms with Crippen molar-refractivity contribution in [2.45, 2.75) is 104 Å². The fourth-order valence-corrected chi connectivity index (χ4v) is 7.67. The van der Waals surface area contributed by atoms with E-state index >= 15 is 0 Å². The Morgan fingerprint density at radius 3 is 2.38 bits per heavy atom. The molecular formula is C40H56FN5O6Si. The smallest absolute Gasteiger partial charge is 0.280 e. The average Bonchev–Trinajstić information content (AvgIpc) is 3.49. The van der Waals surface area contributed by atoms with Gasteiger partial charge < -0.3 is 33.8 Å². The molecule has 0 saturated heterocycles. The molecule has 0 aliphatic carbocycles. The average molecular weight is 750 g/mol. The summed E-state index contributed by atoms with van der Waals surface area (Å²) in [6.45, 7) is 14.1. The molecule has 11 nitrogen and oxygen atoms in total. The van der Waals surface area contributed by atoms with Crippen molar-refractivity contribution in [3.8, 4) is 17.2 Å². The second-order valence-electron chi connectivity index (χ2n) is 15.3. The molecule has 0 radical (unpaired) electrons. The zero-order chi connectivity index (χ0) is 38.5. The maximum absolute atomic E-state index is 14.5. The number of anilines is 1. The predicted molar refractivity (Wildman–Crippen MR) is 210 cm³/mol. The first-order valence-corrected chi connectivity index (χ1v) is 21.7. The van der Waals surface area contributed by atoms with Gasteiger partial charge in [-0.25, -0.2) is 9.07 Å². The molecule has 0 unspecified atom stereocenters. The Hall–Kier alpha value is -4.36. The van der Waals surface area contributed by atoms with Crippen molar-refractivity contribution in [3.63, 3.8) is 0 Å². The monoisotopic (exact) mass is 749 g/mol. The van der Waals surface area contributed by atoms with Crippen LogP contribution in [0.4, 0.5) is 10.2 Å². The molecule has 0 spiro atoms. The molecule has 1 aliphatic heterocycles. The van der Waals surface area contributed by atoms with Crippen molar-refractivity contribution >= 4 is 30.9 Å². The summed E-state index contributed by atoms with van der Waals surface area (Å²) in [5, 5.41) is 8.62. The van der Waals surface area contributed by atoms with E-state index in [2.05, 4.69) is 19.2 Å². The number of aromatic nitrogens is 3. The van der Waals surface area contributed by atoms with E-state index in [1.165, 1.54) is 23.9 Å². The van der Waals surface area contributed by atoms with Gasteiger partial charge in [-0.05, 0) is 68.6 Å². The largest absolute Gasteiger partial charge is 0.497 e. The van der Waals surface area contributed by atoms with Gasteiger partial charge in [0.15, 0.2) is 25.6 Å². The van der Waals surface area contributed by atoms with Crippen molar-refractivity contribution < 1.29 is 28.2 Å². The lowest BCUT2D eigenvalue weighted by atomic mass is 10.0. The SMILES string of the molecule is CCN1C[C@H](C)n2c(c(OC)c3c(=O)n(Cc4ccc(F)cc4OCc4ccc(OC)cc4)nc(NCCCCCCCC(C)(C)[Si](C)(C)O)c32)C1=O. The number of hydrogen-bond acceptors (Lipinski definition) is 8. The van der Waals surface area contributed by atoms with Crippen LogP contribution in [-0.4, -0.2) is 72.1 Å². The van der Waals surface area contributed by atoms with Crippen molar-refractivity contribution in [1.29, 1.82) is 0 Å². The minimum Gasteiger partial charge on any atom is -0.497 e. The van der Waals surface area contributed by atoms with E-state index in [0.29, 0.717) is 48.0 Å². The first kappa shape index (κ1) is 39.8. The zero-order valence-corrected chi connectivity index (χ0v) is 33.6. The summed E-state index contributed by atoms with van der Waals surface area (Å²) in [7, 11) is 0.859. The third-order valence-electron chi connectivity index (χ3n) is 10.9. The topological polar surface area (TPSA) is 120 Å². The number of halogens is 1. The minimum absolute atomic E-state index is 0.000215. The van der Waals surface area contributed by atoms with Crippen molar-refractivity contribution in [2.75, 3.05) is 39.2 Å². The van der Waals surface area contributed by atoms with E-state index in [1.54, 1.807) is 18.1 Å². The summed E-state index contributed by atoms with van der Waals surface area (Å²) in [4.78, 5) is 40.5. The fourth-order valence-electron chi connectivity index (χ4n) is 6.89. The molecule has 1 aliphatic rings. The Morgan fingerprint density at radius 1 is 1.02 bits per heavy atom. The van der Waals surface area contributed by atoms with Gasteiger partial charge in [0.25, 0.3) is 11.5 Å². The molecule has 2 aromatic carbocycles. The quantitative estimate of drug-likeness (QED) is 0.0783. The lowest BCUT2D eigenvalue weighted by Gasteiger charge is -2.35. The highest BCUT2D eigenvalue weighted by molar-refractivity contribution is 6.72. The third kappa shape index (κ3) is 8.72.